The Kier molecular flexibility index (Phi) is 4.90. The molecule has 1 aromatic carbocycles. The average Bonchev–Trinajstić information content (AvgIpc) is 2.37. The minimum Gasteiger partial charge on any atom is -0.313 e. The molecule has 1 aliphatic carbocycles. The summed E-state index contributed by atoms with van der Waals surface area (Å²) in [6, 6.07) is 5.19. The van der Waals surface area contributed by atoms with Crippen LogP contribution in [0.3, 0.4) is 0 Å². The maximum Gasteiger partial charge on any atom is 0.0351 e. The molecule has 1 aliphatic rings. The number of aryl methyl sites for hydroxylation is 3. The van der Waals surface area contributed by atoms with E-state index in [0.29, 0.717) is 6.04 Å². The summed E-state index contributed by atoms with van der Waals surface area (Å²) in [6.07, 6.45) is 4.11. The second-order valence-corrected chi connectivity index (χ2v) is 7.11. The van der Waals surface area contributed by atoms with Crippen molar-refractivity contribution in [3.05, 3.63) is 34.4 Å². The van der Waals surface area contributed by atoms with Gasteiger partial charge in [-0.2, -0.15) is 0 Å². The van der Waals surface area contributed by atoms with Gasteiger partial charge in [-0.15, -0.1) is 0 Å². The summed E-state index contributed by atoms with van der Waals surface area (Å²) in [5, 5.41) is 3.62. The van der Waals surface area contributed by atoms with Gasteiger partial charge in [-0.25, -0.2) is 0 Å². The Morgan fingerprint density at radius 3 is 2.10 bits per heavy atom. The van der Waals surface area contributed by atoms with E-state index in [1.165, 1.54) is 36.0 Å². The van der Waals surface area contributed by atoms with Crippen LogP contribution in [0.2, 0.25) is 0 Å². The molecule has 0 saturated heterocycles. The molecule has 0 amide bonds. The first kappa shape index (κ1) is 15.6. The molecule has 20 heavy (non-hydrogen) atoms. The topological polar surface area (TPSA) is 12.0 Å². The summed E-state index contributed by atoms with van der Waals surface area (Å²) in [5.41, 5.74) is 5.83. The van der Waals surface area contributed by atoms with Gasteiger partial charge in [0.1, 0.15) is 0 Å². The molecule has 2 rings (SSSR count). The molecule has 0 heterocycles. The molecule has 0 bridgehead atoms. The fourth-order valence-corrected chi connectivity index (χ4v) is 4.19. The van der Waals surface area contributed by atoms with Gasteiger partial charge in [0.2, 0.25) is 0 Å². The smallest absolute Gasteiger partial charge is 0.0351 e. The van der Waals surface area contributed by atoms with E-state index in [4.69, 9.17) is 0 Å². The molecule has 1 saturated carbocycles. The second-order valence-electron chi connectivity index (χ2n) is 7.11. The van der Waals surface area contributed by atoms with Crippen LogP contribution in [0.15, 0.2) is 12.1 Å². The van der Waals surface area contributed by atoms with Gasteiger partial charge in [0.05, 0.1) is 0 Å². The van der Waals surface area contributed by atoms with Gasteiger partial charge in [-0.05, 0) is 75.1 Å². The first-order chi connectivity index (χ1) is 9.43. The van der Waals surface area contributed by atoms with Crippen molar-refractivity contribution >= 4 is 0 Å². The predicted molar refractivity (Wildman–Crippen MR) is 88.1 cm³/mol. The zero-order chi connectivity index (χ0) is 14.9. The van der Waals surface area contributed by atoms with Gasteiger partial charge in [0, 0.05) is 6.04 Å². The summed E-state index contributed by atoms with van der Waals surface area (Å²) in [6.45, 7) is 11.6. The van der Waals surface area contributed by atoms with Gasteiger partial charge >= 0.3 is 0 Å². The van der Waals surface area contributed by atoms with Gasteiger partial charge < -0.3 is 5.32 Å². The number of rotatable bonds is 3. The standard InChI is InChI=1S/C19H31N/c1-12-9-15(4)18(16(5)10-12)19(20-6)17-8-7-13(2)14(3)11-17/h9-10,13-14,17,19-20H,7-8,11H2,1-6H3. The van der Waals surface area contributed by atoms with E-state index in [1.54, 1.807) is 5.56 Å². The van der Waals surface area contributed by atoms with Crippen LogP contribution in [0.5, 0.6) is 0 Å². The zero-order valence-electron chi connectivity index (χ0n) is 14.1. The molecule has 1 N–H and O–H groups in total. The lowest BCUT2D eigenvalue weighted by atomic mass is 9.71. The molecule has 1 nitrogen and oxygen atoms in total. The molecule has 0 radical (unpaired) electrons. The quantitative estimate of drug-likeness (QED) is 0.822. The van der Waals surface area contributed by atoms with Gasteiger partial charge in [-0.3, -0.25) is 0 Å². The fraction of sp³-hybridized carbons (Fsp3) is 0.684. The highest BCUT2D eigenvalue weighted by Crippen LogP contribution is 2.41. The van der Waals surface area contributed by atoms with E-state index in [9.17, 15) is 0 Å². The van der Waals surface area contributed by atoms with Crippen LogP contribution >= 0.6 is 0 Å². The van der Waals surface area contributed by atoms with Crippen molar-refractivity contribution in [1.82, 2.24) is 5.32 Å². The Labute approximate surface area is 125 Å². The number of hydrogen-bond acceptors (Lipinski definition) is 1. The van der Waals surface area contributed by atoms with Crippen LogP contribution in [0.1, 0.15) is 61.4 Å². The van der Waals surface area contributed by atoms with Gasteiger partial charge in [-0.1, -0.05) is 38.0 Å². The lowest BCUT2D eigenvalue weighted by Gasteiger charge is -2.38. The van der Waals surface area contributed by atoms with E-state index in [1.807, 2.05) is 0 Å². The minimum atomic E-state index is 0.519. The lowest BCUT2D eigenvalue weighted by molar-refractivity contribution is 0.174. The molecule has 0 spiro atoms. The molecule has 4 unspecified atom stereocenters. The summed E-state index contributed by atoms with van der Waals surface area (Å²) >= 11 is 0. The van der Waals surface area contributed by atoms with Crippen LogP contribution in [0.4, 0.5) is 0 Å². The average molecular weight is 273 g/mol. The first-order valence-electron chi connectivity index (χ1n) is 8.19. The number of nitrogens with one attached hydrogen (secondary N) is 1. The van der Waals surface area contributed by atoms with Crippen molar-refractivity contribution in [2.75, 3.05) is 7.05 Å². The Morgan fingerprint density at radius 2 is 1.60 bits per heavy atom. The molecular formula is C19H31N. The minimum absolute atomic E-state index is 0.519. The van der Waals surface area contributed by atoms with Crippen molar-refractivity contribution in [3.63, 3.8) is 0 Å². The number of benzene rings is 1. The summed E-state index contributed by atoms with van der Waals surface area (Å²) in [7, 11) is 2.13. The third-order valence-corrected chi connectivity index (χ3v) is 5.47. The van der Waals surface area contributed by atoms with E-state index < -0.39 is 0 Å². The molecule has 112 valence electrons. The van der Waals surface area contributed by atoms with Gasteiger partial charge in [0.25, 0.3) is 0 Å². The van der Waals surface area contributed by atoms with Crippen LogP contribution in [-0.4, -0.2) is 7.05 Å². The van der Waals surface area contributed by atoms with Crippen molar-refractivity contribution in [1.29, 1.82) is 0 Å². The van der Waals surface area contributed by atoms with E-state index in [0.717, 1.165) is 17.8 Å². The van der Waals surface area contributed by atoms with Crippen molar-refractivity contribution in [3.8, 4) is 0 Å². The lowest BCUT2D eigenvalue weighted by Crippen LogP contribution is -2.32. The normalized spacial score (nSPS) is 28.4. The Bertz CT molecular complexity index is 440. The van der Waals surface area contributed by atoms with Gasteiger partial charge in [0.15, 0.2) is 0 Å². The largest absolute Gasteiger partial charge is 0.313 e. The van der Waals surface area contributed by atoms with Crippen LogP contribution in [0, 0.1) is 38.5 Å². The van der Waals surface area contributed by atoms with E-state index in [2.05, 4.69) is 59.1 Å². The molecule has 0 aromatic heterocycles. The Morgan fingerprint density at radius 1 is 1.00 bits per heavy atom. The highest BCUT2D eigenvalue weighted by molar-refractivity contribution is 5.40. The van der Waals surface area contributed by atoms with E-state index in [-0.39, 0.29) is 0 Å². The predicted octanol–water partition coefficient (Wildman–Crippen LogP) is 4.94. The molecule has 1 heteroatoms. The maximum absolute atomic E-state index is 3.62. The third kappa shape index (κ3) is 3.09. The fourth-order valence-electron chi connectivity index (χ4n) is 4.19. The highest BCUT2D eigenvalue weighted by atomic mass is 14.9. The Hall–Kier alpha value is -0.820. The van der Waals surface area contributed by atoms with Crippen LogP contribution < -0.4 is 5.32 Å². The van der Waals surface area contributed by atoms with E-state index >= 15 is 0 Å². The van der Waals surface area contributed by atoms with Crippen molar-refractivity contribution in [2.45, 2.75) is 59.9 Å². The zero-order valence-corrected chi connectivity index (χ0v) is 14.1. The maximum atomic E-state index is 3.62. The Balaban J connectivity index is 2.29. The molecule has 1 fully saturated rings. The van der Waals surface area contributed by atoms with Crippen molar-refractivity contribution < 1.29 is 0 Å². The molecule has 1 aromatic rings. The first-order valence-corrected chi connectivity index (χ1v) is 8.19. The van der Waals surface area contributed by atoms with Crippen molar-refractivity contribution in [2.24, 2.45) is 17.8 Å². The summed E-state index contributed by atoms with van der Waals surface area (Å²) in [5.74, 6) is 2.53. The SMILES string of the molecule is CNC(c1c(C)cc(C)cc1C)C1CCC(C)C(C)C1. The summed E-state index contributed by atoms with van der Waals surface area (Å²) < 4.78 is 0. The molecule has 0 aliphatic heterocycles. The van der Waals surface area contributed by atoms with Crippen LogP contribution in [-0.2, 0) is 0 Å². The highest BCUT2D eigenvalue weighted by Gasteiger charge is 2.31. The second kappa shape index (κ2) is 6.30. The number of hydrogen-bond donors (Lipinski definition) is 1. The molecular weight excluding hydrogens is 242 g/mol. The third-order valence-electron chi connectivity index (χ3n) is 5.47. The van der Waals surface area contributed by atoms with Crippen LogP contribution in [0.25, 0.3) is 0 Å². The summed E-state index contributed by atoms with van der Waals surface area (Å²) in [4.78, 5) is 0. The monoisotopic (exact) mass is 273 g/mol. The molecule has 4 atom stereocenters.